The Labute approximate surface area is 436 Å². The van der Waals surface area contributed by atoms with Crippen LogP contribution in [-0.4, -0.2) is 9.13 Å². The summed E-state index contributed by atoms with van der Waals surface area (Å²) in [5, 5.41) is 11.2. The summed E-state index contributed by atoms with van der Waals surface area (Å²) in [7, 11) is 0. The molecule has 16 aromatic rings. The molecule has 0 aliphatic rings. The van der Waals surface area contributed by atoms with E-state index >= 15 is 0 Å². The predicted molar refractivity (Wildman–Crippen MR) is 317 cm³/mol. The minimum absolute atomic E-state index is 0.823. The molecule has 0 aliphatic heterocycles. The Morgan fingerprint density at radius 3 is 1.05 bits per heavy atom. The lowest BCUT2D eigenvalue weighted by atomic mass is 10.0. The van der Waals surface area contributed by atoms with Gasteiger partial charge in [-0.3, -0.25) is 0 Å². The van der Waals surface area contributed by atoms with Crippen molar-refractivity contribution in [3.05, 3.63) is 267 Å². The average Bonchev–Trinajstić information content (AvgIpc) is 4.32. The SMILES string of the molecule is c1ccc(N(c2ccc3c(c2)oc2cc4cc5c(cc4cc23)oc2cc(N(c3ccccc3)c3cccc4c6ccccc6n(-c6ccccc6)c34)ccc25)c2cccc3c4ccccc4n(-c4ccccc4)c23)cc1. The van der Waals surface area contributed by atoms with Gasteiger partial charge in [-0.25, -0.2) is 0 Å². The van der Waals surface area contributed by atoms with E-state index in [1.54, 1.807) is 0 Å². The fourth-order valence-corrected chi connectivity index (χ4v) is 12.1. The predicted octanol–water partition coefficient (Wildman–Crippen LogP) is 19.8. The zero-order chi connectivity index (χ0) is 49.8. The van der Waals surface area contributed by atoms with Gasteiger partial charge in [-0.1, -0.05) is 133 Å². The van der Waals surface area contributed by atoms with Gasteiger partial charge in [0.2, 0.25) is 0 Å². The highest BCUT2D eigenvalue weighted by Gasteiger charge is 2.25. The van der Waals surface area contributed by atoms with E-state index in [2.05, 4.69) is 286 Å². The lowest BCUT2D eigenvalue weighted by Crippen LogP contribution is -2.11. The number of para-hydroxylation sites is 8. The molecule has 12 aromatic carbocycles. The van der Waals surface area contributed by atoms with Crippen LogP contribution in [0.4, 0.5) is 34.1 Å². The van der Waals surface area contributed by atoms with Gasteiger partial charge in [0.05, 0.1) is 33.4 Å². The minimum atomic E-state index is 0.823. The van der Waals surface area contributed by atoms with E-state index in [1.807, 2.05) is 0 Å². The van der Waals surface area contributed by atoms with Crippen LogP contribution in [0.3, 0.4) is 0 Å². The number of nitrogens with zero attached hydrogens (tertiary/aromatic N) is 4. The summed E-state index contributed by atoms with van der Waals surface area (Å²) in [5.41, 5.74) is 16.4. The van der Waals surface area contributed by atoms with Crippen molar-refractivity contribution >= 4 is 132 Å². The van der Waals surface area contributed by atoms with Gasteiger partial charge >= 0.3 is 0 Å². The second kappa shape index (κ2) is 16.6. The van der Waals surface area contributed by atoms with Crippen LogP contribution in [0.1, 0.15) is 0 Å². The molecule has 16 rings (SSSR count). The Balaban J connectivity index is 0.825. The minimum Gasteiger partial charge on any atom is -0.456 e. The Morgan fingerprint density at radius 2 is 0.618 bits per heavy atom. The number of fused-ring (bicyclic) bond motifs is 13. The van der Waals surface area contributed by atoms with Crippen LogP contribution in [0.5, 0.6) is 0 Å². The molecule has 0 amide bonds. The van der Waals surface area contributed by atoms with Crippen molar-refractivity contribution in [3.8, 4) is 11.4 Å². The van der Waals surface area contributed by atoms with Gasteiger partial charge in [-0.2, -0.15) is 0 Å². The Morgan fingerprint density at radius 1 is 0.250 bits per heavy atom. The summed E-state index contributed by atoms with van der Waals surface area (Å²) < 4.78 is 18.6. The van der Waals surface area contributed by atoms with Gasteiger partial charge in [0.15, 0.2) is 0 Å². The van der Waals surface area contributed by atoms with Crippen molar-refractivity contribution in [2.24, 2.45) is 0 Å². The number of benzene rings is 12. The Hall–Kier alpha value is -10.3. The highest BCUT2D eigenvalue weighted by atomic mass is 16.3. The van der Waals surface area contributed by atoms with E-state index in [1.165, 1.54) is 21.5 Å². The summed E-state index contributed by atoms with van der Waals surface area (Å²) in [4.78, 5) is 4.72. The van der Waals surface area contributed by atoms with Crippen LogP contribution < -0.4 is 9.80 Å². The van der Waals surface area contributed by atoms with Gasteiger partial charge in [0, 0.05) is 89.3 Å². The molecular weight excluding hydrogens is 929 g/mol. The number of hydrogen-bond donors (Lipinski definition) is 0. The third kappa shape index (κ3) is 6.41. The maximum atomic E-state index is 6.88. The first-order valence-electron chi connectivity index (χ1n) is 25.8. The van der Waals surface area contributed by atoms with Crippen LogP contribution in [0, 0.1) is 0 Å². The lowest BCUT2D eigenvalue weighted by molar-refractivity contribution is 0.668. The van der Waals surface area contributed by atoms with E-state index in [9.17, 15) is 0 Å². The maximum absolute atomic E-state index is 6.88. The highest BCUT2D eigenvalue weighted by Crippen LogP contribution is 2.47. The van der Waals surface area contributed by atoms with Crippen molar-refractivity contribution < 1.29 is 8.83 Å². The molecule has 0 unspecified atom stereocenters. The molecule has 0 bridgehead atoms. The monoisotopic (exact) mass is 972 g/mol. The zero-order valence-corrected chi connectivity index (χ0v) is 41.0. The molecule has 4 aromatic heterocycles. The van der Waals surface area contributed by atoms with Gasteiger partial charge in [0.25, 0.3) is 0 Å². The highest BCUT2D eigenvalue weighted by molar-refractivity contribution is 6.18. The largest absolute Gasteiger partial charge is 0.456 e. The molecule has 0 radical (unpaired) electrons. The molecule has 6 heteroatoms. The standard InChI is InChI=1S/C70H44N4O2/c1-5-19-47(20-6-1)71(63-33-17-29-57-53-27-13-15-31-61(53)73(69(57)63)49-23-9-3-10-24-49)51-35-37-55-59-39-45-42-66-60(40-46(45)41-65(59)75-67(55)43-51)56-38-36-52(44-68(56)76-66)72(48-21-7-2-8-22-48)64-34-18-30-58-54-28-14-16-32-62(54)74(70(58)64)50-25-11-4-12-26-50/h1-44H. The first-order chi connectivity index (χ1) is 37.7. The molecule has 0 fully saturated rings. The topological polar surface area (TPSA) is 42.6 Å². The normalized spacial score (nSPS) is 11.9. The van der Waals surface area contributed by atoms with Crippen molar-refractivity contribution in [1.82, 2.24) is 9.13 Å². The summed E-state index contributed by atoms with van der Waals surface area (Å²) in [5.74, 6) is 0. The van der Waals surface area contributed by atoms with Gasteiger partial charge in [-0.05, 0) is 132 Å². The van der Waals surface area contributed by atoms with Crippen molar-refractivity contribution in [1.29, 1.82) is 0 Å². The van der Waals surface area contributed by atoms with Crippen LogP contribution in [0.15, 0.2) is 276 Å². The molecule has 0 saturated carbocycles. The Bertz CT molecular complexity index is 4620. The lowest BCUT2D eigenvalue weighted by Gasteiger charge is -2.27. The molecule has 6 nitrogen and oxygen atoms in total. The van der Waals surface area contributed by atoms with Crippen LogP contribution in [0.25, 0.3) is 110 Å². The summed E-state index contributed by atoms with van der Waals surface area (Å²) in [6, 6.07) is 95.4. The average molecular weight is 973 g/mol. The van der Waals surface area contributed by atoms with Crippen molar-refractivity contribution in [2.45, 2.75) is 0 Å². The number of rotatable bonds is 8. The van der Waals surface area contributed by atoms with Crippen LogP contribution >= 0.6 is 0 Å². The Kier molecular flexibility index (Phi) is 9.23. The van der Waals surface area contributed by atoms with Crippen molar-refractivity contribution in [2.75, 3.05) is 9.80 Å². The van der Waals surface area contributed by atoms with Gasteiger partial charge < -0.3 is 27.8 Å². The van der Waals surface area contributed by atoms with E-state index in [-0.39, 0.29) is 0 Å². The molecule has 0 saturated heterocycles. The molecular formula is C70H44N4O2. The van der Waals surface area contributed by atoms with Crippen LogP contribution in [-0.2, 0) is 0 Å². The van der Waals surface area contributed by atoms with Crippen LogP contribution in [0.2, 0.25) is 0 Å². The second-order valence-electron chi connectivity index (χ2n) is 19.7. The second-order valence-corrected chi connectivity index (χ2v) is 19.7. The fourth-order valence-electron chi connectivity index (χ4n) is 12.1. The smallest absolute Gasteiger partial charge is 0.137 e. The number of hydrogen-bond acceptors (Lipinski definition) is 4. The van der Waals surface area contributed by atoms with E-state index < -0.39 is 0 Å². The first kappa shape index (κ1) is 42.2. The van der Waals surface area contributed by atoms with Crippen molar-refractivity contribution in [3.63, 3.8) is 0 Å². The summed E-state index contributed by atoms with van der Waals surface area (Å²) in [6.07, 6.45) is 0. The maximum Gasteiger partial charge on any atom is 0.137 e. The molecule has 356 valence electrons. The zero-order valence-electron chi connectivity index (χ0n) is 41.0. The molecule has 0 atom stereocenters. The van der Waals surface area contributed by atoms with E-state index in [4.69, 9.17) is 8.83 Å². The van der Waals surface area contributed by atoms with E-state index in [0.29, 0.717) is 0 Å². The van der Waals surface area contributed by atoms with Gasteiger partial charge in [-0.15, -0.1) is 0 Å². The fraction of sp³-hybridized carbons (Fsp3) is 0. The molecule has 76 heavy (non-hydrogen) atoms. The number of aromatic nitrogens is 2. The number of anilines is 6. The third-order valence-electron chi connectivity index (χ3n) is 15.4. The summed E-state index contributed by atoms with van der Waals surface area (Å²) in [6.45, 7) is 0. The number of furan rings is 2. The molecule has 0 N–H and O–H groups in total. The first-order valence-corrected chi connectivity index (χ1v) is 25.8. The molecule has 4 heterocycles. The summed E-state index contributed by atoms with van der Waals surface area (Å²) >= 11 is 0. The molecule has 0 aliphatic carbocycles. The van der Waals surface area contributed by atoms with Gasteiger partial charge in [0.1, 0.15) is 22.3 Å². The van der Waals surface area contributed by atoms with E-state index in [0.717, 1.165) is 122 Å². The third-order valence-corrected chi connectivity index (χ3v) is 15.4. The quantitative estimate of drug-likeness (QED) is 0.152. The molecule has 0 spiro atoms.